The van der Waals surface area contributed by atoms with E-state index in [1.54, 1.807) is 19.2 Å². The number of ether oxygens (including phenoxy) is 3. The molecule has 94 valence electrons. The number of methoxy groups -OCH3 is 1. The van der Waals surface area contributed by atoms with E-state index in [0.717, 1.165) is 0 Å². The van der Waals surface area contributed by atoms with Gasteiger partial charge in [0.15, 0.2) is 18.1 Å². The number of carbonyl (C=O) groups is 1. The Bertz CT molecular complexity index is 379. The molecule has 0 radical (unpaired) electrons. The van der Waals surface area contributed by atoms with Gasteiger partial charge in [-0.05, 0) is 32.9 Å². The number of rotatable bonds is 4. The third-order valence-electron chi connectivity index (χ3n) is 1.83. The van der Waals surface area contributed by atoms with Crippen molar-refractivity contribution in [2.45, 2.75) is 26.4 Å². The Balaban J connectivity index is 2.53. The highest BCUT2D eigenvalue weighted by atomic mass is 16.6. The van der Waals surface area contributed by atoms with Crippen LogP contribution in [0.25, 0.3) is 0 Å². The predicted molar refractivity (Wildman–Crippen MR) is 64.3 cm³/mol. The van der Waals surface area contributed by atoms with Crippen LogP contribution in [0.4, 0.5) is 0 Å². The molecule has 0 aliphatic carbocycles. The molecule has 0 spiro atoms. The third kappa shape index (κ3) is 4.76. The maximum atomic E-state index is 11.4. The Morgan fingerprint density at radius 1 is 1.18 bits per heavy atom. The largest absolute Gasteiger partial charge is 0.493 e. The molecule has 0 fully saturated rings. The lowest BCUT2D eigenvalue weighted by atomic mass is 10.2. The van der Waals surface area contributed by atoms with Gasteiger partial charge in [0.25, 0.3) is 0 Å². The van der Waals surface area contributed by atoms with Crippen molar-refractivity contribution >= 4 is 5.97 Å². The van der Waals surface area contributed by atoms with Crippen LogP contribution in [0.2, 0.25) is 0 Å². The molecule has 0 unspecified atom stereocenters. The molecule has 4 nitrogen and oxygen atoms in total. The van der Waals surface area contributed by atoms with Crippen LogP contribution >= 0.6 is 0 Å². The van der Waals surface area contributed by atoms with Gasteiger partial charge in [0.1, 0.15) is 5.60 Å². The van der Waals surface area contributed by atoms with Crippen molar-refractivity contribution in [2.24, 2.45) is 0 Å². The van der Waals surface area contributed by atoms with E-state index in [2.05, 4.69) is 0 Å². The number of hydrogen-bond acceptors (Lipinski definition) is 4. The topological polar surface area (TPSA) is 44.8 Å². The van der Waals surface area contributed by atoms with Gasteiger partial charge in [-0.1, -0.05) is 12.1 Å². The smallest absolute Gasteiger partial charge is 0.344 e. The average molecular weight is 238 g/mol. The summed E-state index contributed by atoms with van der Waals surface area (Å²) >= 11 is 0. The van der Waals surface area contributed by atoms with Crippen molar-refractivity contribution < 1.29 is 19.0 Å². The highest BCUT2D eigenvalue weighted by Crippen LogP contribution is 2.25. The van der Waals surface area contributed by atoms with Crippen LogP contribution in [-0.2, 0) is 9.53 Å². The maximum absolute atomic E-state index is 11.4. The molecular weight excluding hydrogens is 220 g/mol. The Hall–Kier alpha value is -1.71. The van der Waals surface area contributed by atoms with Gasteiger partial charge in [-0.3, -0.25) is 0 Å². The quantitative estimate of drug-likeness (QED) is 0.756. The van der Waals surface area contributed by atoms with E-state index in [1.807, 2.05) is 32.9 Å². The summed E-state index contributed by atoms with van der Waals surface area (Å²) < 4.78 is 15.6. The highest BCUT2D eigenvalue weighted by molar-refractivity contribution is 5.71. The van der Waals surface area contributed by atoms with Gasteiger partial charge in [0.2, 0.25) is 0 Å². The fourth-order valence-corrected chi connectivity index (χ4v) is 1.25. The van der Waals surface area contributed by atoms with E-state index >= 15 is 0 Å². The van der Waals surface area contributed by atoms with Gasteiger partial charge in [0, 0.05) is 0 Å². The lowest BCUT2D eigenvalue weighted by molar-refractivity contribution is -0.157. The molecule has 0 aliphatic rings. The first-order valence-electron chi connectivity index (χ1n) is 5.40. The minimum Gasteiger partial charge on any atom is -0.493 e. The predicted octanol–water partition coefficient (Wildman–Crippen LogP) is 2.42. The zero-order valence-corrected chi connectivity index (χ0v) is 10.6. The first-order chi connectivity index (χ1) is 7.92. The molecule has 0 amide bonds. The Kier molecular flexibility index (Phi) is 4.37. The zero-order valence-electron chi connectivity index (χ0n) is 10.6. The molecule has 1 rings (SSSR count). The number of benzene rings is 1. The summed E-state index contributed by atoms with van der Waals surface area (Å²) in [5, 5.41) is 0. The summed E-state index contributed by atoms with van der Waals surface area (Å²) in [6.45, 7) is 5.31. The SMILES string of the molecule is COc1ccccc1OCC(=O)OC(C)(C)C. The minimum atomic E-state index is -0.499. The van der Waals surface area contributed by atoms with Crippen molar-refractivity contribution in [1.82, 2.24) is 0 Å². The molecule has 0 aromatic heterocycles. The molecule has 1 aromatic rings. The average Bonchev–Trinajstić information content (AvgIpc) is 2.24. The molecule has 0 N–H and O–H groups in total. The van der Waals surface area contributed by atoms with Crippen LogP contribution < -0.4 is 9.47 Å². The van der Waals surface area contributed by atoms with E-state index in [4.69, 9.17) is 14.2 Å². The first kappa shape index (κ1) is 13.4. The van der Waals surface area contributed by atoms with Crippen molar-refractivity contribution in [1.29, 1.82) is 0 Å². The molecule has 1 aromatic carbocycles. The molecule has 4 heteroatoms. The lowest BCUT2D eigenvalue weighted by Gasteiger charge is -2.19. The lowest BCUT2D eigenvalue weighted by Crippen LogP contribution is -2.27. The number of para-hydroxylation sites is 2. The van der Waals surface area contributed by atoms with E-state index in [0.29, 0.717) is 11.5 Å². The third-order valence-corrected chi connectivity index (χ3v) is 1.83. The normalized spacial score (nSPS) is 10.8. The van der Waals surface area contributed by atoms with Gasteiger partial charge in [-0.15, -0.1) is 0 Å². The van der Waals surface area contributed by atoms with Crippen LogP contribution in [0, 0.1) is 0 Å². The monoisotopic (exact) mass is 238 g/mol. The van der Waals surface area contributed by atoms with Gasteiger partial charge >= 0.3 is 5.97 Å². The summed E-state index contributed by atoms with van der Waals surface area (Å²) in [7, 11) is 1.55. The highest BCUT2D eigenvalue weighted by Gasteiger charge is 2.17. The molecule has 17 heavy (non-hydrogen) atoms. The van der Waals surface area contributed by atoms with Gasteiger partial charge in [0.05, 0.1) is 7.11 Å². The van der Waals surface area contributed by atoms with E-state index in [9.17, 15) is 4.79 Å². The van der Waals surface area contributed by atoms with Crippen molar-refractivity contribution in [3.63, 3.8) is 0 Å². The molecular formula is C13H18O4. The van der Waals surface area contributed by atoms with Crippen LogP contribution in [0.1, 0.15) is 20.8 Å². The second-order valence-corrected chi connectivity index (χ2v) is 4.53. The van der Waals surface area contributed by atoms with Crippen LogP contribution in [0.15, 0.2) is 24.3 Å². The fraction of sp³-hybridized carbons (Fsp3) is 0.462. The van der Waals surface area contributed by atoms with Gasteiger partial charge in [-0.2, -0.15) is 0 Å². The maximum Gasteiger partial charge on any atom is 0.344 e. The van der Waals surface area contributed by atoms with Gasteiger partial charge < -0.3 is 14.2 Å². The van der Waals surface area contributed by atoms with Gasteiger partial charge in [-0.25, -0.2) is 4.79 Å². The van der Waals surface area contributed by atoms with Crippen LogP contribution in [-0.4, -0.2) is 25.3 Å². The summed E-state index contributed by atoms with van der Waals surface area (Å²) in [5.74, 6) is 0.723. The molecule has 0 saturated carbocycles. The number of esters is 1. The van der Waals surface area contributed by atoms with Crippen LogP contribution in [0.5, 0.6) is 11.5 Å². The van der Waals surface area contributed by atoms with Crippen molar-refractivity contribution in [3.05, 3.63) is 24.3 Å². The molecule has 0 bridgehead atoms. The standard InChI is InChI=1S/C13H18O4/c1-13(2,3)17-12(14)9-16-11-8-6-5-7-10(11)15-4/h5-8H,9H2,1-4H3. The van der Waals surface area contributed by atoms with E-state index in [-0.39, 0.29) is 6.61 Å². The summed E-state index contributed by atoms with van der Waals surface area (Å²) in [4.78, 5) is 11.4. The van der Waals surface area contributed by atoms with Crippen molar-refractivity contribution in [2.75, 3.05) is 13.7 Å². The Labute approximate surface area is 101 Å². The van der Waals surface area contributed by atoms with E-state index in [1.165, 1.54) is 0 Å². The first-order valence-corrected chi connectivity index (χ1v) is 5.40. The van der Waals surface area contributed by atoms with E-state index < -0.39 is 11.6 Å². The molecule has 0 atom stereocenters. The summed E-state index contributed by atoms with van der Waals surface area (Å²) in [6.07, 6.45) is 0. The zero-order chi connectivity index (χ0) is 12.9. The number of carbonyl (C=O) groups excluding carboxylic acids is 1. The Morgan fingerprint density at radius 2 is 1.76 bits per heavy atom. The summed E-state index contributed by atoms with van der Waals surface area (Å²) in [5.41, 5.74) is -0.499. The second kappa shape index (κ2) is 5.57. The molecule has 0 aliphatic heterocycles. The Morgan fingerprint density at radius 3 is 2.29 bits per heavy atom. The number of hydrogen-bond donors (Lipinski definition) is 0. The second-order valence-electron chi connectivity index (χ2n) is 4.53. The fourth-order valence-electron chi connectivity index (χ4n) is 1.25. The summed E-state index contributed by atoms with van der Waals surface area (Å²) in [6, 6.07) is 7.15. The molecule has 0 saturated heterocycles. The molecule has 0 heterocycles. The van der Waals surface area contributed by atoms with Crippen LogP contribution in [0.3, 0.4) is 0 Å². The minimum absolute atomic E-state index is 0.127. The van der Waals surface area contributed by atoms with Crippen molar-refractivity contribution in [3.8, 4) is 11.5 Å².